The third-order valence-corrected chi connectivity index (χ3v) is 2.50. The maximum Gasteiger partial charge on any atom is 0.183 e. The lowest BCUT2D eigenvalue weighted by Gasteiger charge is -2.14. The van der Waals surface area contributed by atoms with Crippen LogP contribution in [0.1, 0.15) is 0 Å². The monoisotopic (exact) mass is 223 g/mol. The number of nitrogens with zero attached hydrogens (tertiary/aromatic N) is 1. The van der Waals surface area contributed by atoms with Crippen LogP contribution in [-0.4, -0.2) is 19.3 Å². The summed E-state index contributed by atoms with van der Waals surface area (Å²) in [6.07, 6.45) is -0.340. The minimum atomic E-state index is -0.380. The molecule has 0 bridgehead atoms. The first-order valence-corrected chi connectivity index (χ1v) is 4.96. The van der Waals surface area contributed by atoms with Crippen LogP contribution < -0.4 is 10.5 Å². The van der Waals surface area contributed by atoms with E-state index in [2.05, 4.69) is 11.8 Å². The summed E-state index contributed by atoms with van der Waals surface area (Å²) in [6.45, 7) is 0.719. The zero-order valence-corrected chi connectivity index (χ0v) is 8.65. The van der Waals surface area contributed by atoms with E-state index in [0.717, 1.165) is 0 Å². The van der Waals surface area contributed by atoms with Gasteiger partial charge in [-0.3, -0.25) is 0 Å². The van der Waals surface area contributed by atoms with Gasteiger partial charge >= 0.3 is 0 Å². The molecule has 1 aliphatic heterocycles. The molecule has 16 heavy (non-hydrogen) atoms. The number of hydrogen-bond acceptors (Lipinski definition) is 3. The Bertz CT molecular complexity index is 430. The molecule has 0 radical (unpaired) electrons. The summed E-state index contributed by atoms with van der Waals surface area (Å²) in [5.41, 5.74) is 4.34. The van der Waals surface area contributed by atoms with Crippen LogP contribution in [0.5, 0.6) is 5.75 Å². The Hall–Kier alpha value is -1.64. The van der Waals surface area contributed by atoms with Gasteiger partial charge in [-0.2, -0.15) is 5.26 Å². The molecule has 1 aliphatic rings. The summed E-state index contributed by atoms with van der Waals surface area (Å²) in [6, 6.07) is 6.24. The van der Waals surface area contributed by atoms with Crippen LogP contribution in [0.15, 0.2) is 18.2 Å². The van der Waals surface area contributed by atoms with Gasteiger partial charge in [0.05, 0.1) is 19.3 Å². The molecule has 3 N–H and O–H groups in total. The Morgan fingerprint density at radius 1 is 1.50 bits per heavy atom. The van der Waals surface area contributed by atoms with Crippen molar-refractivity contribution in [3.05, 3.63) is 24.0 Å². The molecule has 0 saturated carbocycles. The number of nitriles is 1. The highest BCUT2D eigenvalue weighted by atomic mass is 19.1. The van der Waals surface area contributed by atoms with Gasteiger partial charge in [0.2, 0.25) is 0 Å². The smallest absolute Gasteiger partial charge is 0.183 e. The van der Waals surface area contributed by atoms with Crippen molar-refractivity contribution in [3.63, 3.8) is 0 Å². The molecular formula is C11H12FN2O2+. The van der Waals surface area contributed by atoms with Gasteiger partial charge in [0.25, 0.3) is 0 Å². The van der Waals surface area contributed by atoms with Crippen LogP contribution in [0.4, 0.5) is 10.1 Å². The van der Waals surface area contributed by atoms with E-state index < -0.39 is 0 Å². The van der Waals surface area contributed by atoms with Crippen molar-refractivity contribution in [3.8, 4) is 11.8 Å². The Balaban J connectivity index is 2.14. The lowest BCUT2D eigenvalue weighted by atomic mass is 10.1. The first-order chi connectivity index (χ1) is 7.70. The summed E-state index contributed by atoms with van der Waals surface area (Å²) in [5.74, 6) is -0.312. The first-order valence-electron chi connectivity index (χ1n) is 4.96. The molecule has 1 fully saturated rings. The highest BCUT2D eigenvalue weighted by Crippen LogP contribution is 2.25. The fourth-order valence-electron chi connectivity index (χ4n) is 1.57. The van der Waals surface area contributed by atoms with E-state index in [9.17, 15) is 4.39 Å². The van der Waals surface area contributed by atoms with Crippen LogP contribution in [0, 0.1) is 23.1 Å². The maximum absolute atomic E-state index is 13.0. The summed E-state index contributed by atoms with van der Waals surface area (Å²) in [4.78, 5) is 0. The standard InChI is InChI=1S/C11H11FN2O2/c12-8-1-2-9(14)10(3-8)16-11-6-15-5-7(11)4-13/h1-3,7,11H,5-6,14H2/p+1/t7-,11?/m0/s1. The average Bonchev–Trinajstić information content (AvgIpc) is 2.71. The molecule has 0 spiro atoms. The number of benzene rings is 1. The van der Waals surface area contributed by atoms with Crippen LogP contribution >= 0.6 is 0 Å². The molecule has 4 nitrogen and oxygen atoms in total. The molecule has 0 aliphatic carbocycles. The molecule has 1 aromatic carbocycles. The van der Waals surface area contributed by atoms with E-state index in [0.29, 0.717) is 24.7 Å². The topological polar surface area (TPSA) is 69.9 Å². The molecule has 1 heterocycles. The number of ether oxygens (including phenoxy) is 2. The van der Waals surface area contributed by atoms with E-state index in [4.69, 9.17) is 14.7 Å². The van der Waals surface area contributed by atoms with Crippen molar-refractivity contribution in [2.24, 2.45) is 5.92 Å². The lowest BCUT2D eigenvalue weighted by Crippen LogP contribution is -2.41. The fraction of sp³-hybridized carbons (Fsp3) is 0.364. The minimum Gasteiger partial charge on any atom is -0.480 e. The van der Waals surface area contributed by atoms with Crippen molar-refractivity contribution in [1.29, 1.82) is 5.26 Å². The minimum absolute atomic E-state index is 0.303. The summed E-state index contributed by atoms with van der Waals surface area (Å²) in [5, 5.41) is 8.84. The van der Waals surface area contributed by atoms with Crippen molar-refractivity contribution in [2.75, 3.05) is 13.2 Å². The molecule has 1 saturated heterocycles. The van der Waals surface area contributed by atoms with Gasteiger partial charge in [-0.15, -0.1) is 0 Å². The molecule has 5 heteroatoms. The second-order valence-electron chi connectivity index (χ2n) is 3.68. The molecule has 0 amide bonds. The van der Waals surface area contributed by atoms with Crippen molar-refractivity contribution >= 4 is 5.69 Å². The second-order valence-corrected chi connectivity index (χ2v) is 3.68. The van der Waals surface area contributed by atoms with Gasteiger partial charge in [-0.05, 0) is 6.07 Å². The van der Waals surface area contributed by atoms with Crippen LogP contribution in [0.2, 0.25) is 0 Å². The molecule has 2 atom stereocenters. The summed E-state index contributed by atoms with van der Waals surface area (Å²) < 4.78 is 23.7. The van der Waals surface area contributed by atoms with E-state index >= 15 is 0 Å². The number of hydrogen-bond donors (Lipinski definition) is 1. The van der Waals surface area contributed by atoms with Gasteiger partial charge in [-0.25, -0.2) is 4.39 Å². The normalized spacial score (nSPS) is 24.1. The van der Waals surface area contributed by atoms with Gasteiger partial charge in [-0.1, -0.05) is 0 Å². The summed E-state index contributed by atoms with van der Waals surface area (Å²) >= 11 is 0. The zero-order chi connectivity index (χ0) is 11.5. The second kappa shape index (κ2) is 4.47. The fourth-order valence-corrected chi connectivity index (χ4v) is 1.57. The highest BCUT2D eigenvalue weighted by Gasteiger charge is 2.30. The van der Waals surface area contributed by atoms with Crippen molar-refractivity contribution in [2.45, 2.75) is 6.10 Å². The molecule has 0 aromatic heterocycles. The predicted octanol–water partition coefficient (Wildman–Crippen LogP) is 0.616. The SMILES string of the molecule is N#C[C@H]1COCC1Oc1cc(F)ccc1[NH3+]. The zero-order valence-electron chi connectivity index (χ0n) is 8.65. The van der Waals surface area contributed by atoms with Crippen molar-refractivity contribution in [1.82, 2.24) is 0 Å². The van der Waals surface area contributed by atoms with Crippen molar-refractivity contribution < 1.29 is 19.6 Å². The van der Waals surface area contributed by atoms with Gasteiger partial charge < -0.3 is 15.2 Å². The largest absolute Gasteiger partial charge is 0.480 e. The number of halogens is 1. The van der Waals surface area contributed by atoms with E-state index in [1.165, 1.54) is 12.1 Å². The van der Waals surface area contributed by atoms with Crippen LogP contribution in [-0.2, 0) is 4.74 Å². The summed E-state index contributed by atoms with van der Waals surface area (Å²) in [7, 11) is 0. The van der Waals surface area contributed by atoms with E-state index in [1.807, 2.05) is 0 Å². The Labute approximate surface area is 92.4 Å². The van der Waals surface area contributed by atoms with E-state index in [1.54, 1.807) is 6.07 Å². The van der Waals surface area contributed by atoms with Gasteiger partial charge in [0.15, 0.2) is 11.4 Å². The Morgan fingerprint density at radius 3 is 3.06 bits per heavy atom. The number of quaternary nitrogens is 1. The lowest BCUT2D eigenvalue weighted by molar-refractivity contribution is -0.257. The molecular weight excluding hydrogens is 211 g/mol. The number of rotatable bonds is 2. The maximum atomic E-state index is 13.0. The Morgan fingerprint density at radius 2 is 2.31 bits per heavy atom. The van der Waals surface area contributed by atoms with Gasteiger partial charge in [0, 0.05) is 12.1 Å². The molecule has 2 rings (SSSR count). The average molecular weight is 223 g/mol. The highest BCUT2D eigenvalue weighted by molar-refractivity contribution is 5.44. The Kier molecular flexibility index (Phi) is 3.04. The molecule has 1 aromatic rings. The molecule has 84 valence electrons. The van der Waals surface area contributed by atoms with Crippen LogP contribution in [0.25, 0.3) is 0 Å². The quantitative estimate of drug-likeness (QED) is 0.798. The first kappa shape index (κ1) is 10.9. The third kappa shape index (κ3) is 2.13. The third-order valence-electron chi connectivity index (χ3n) is 2.50. The van der Waals surface area contributed by atoms with Crippen LogP contribution in [0.3, 0.4) is 0 Å². The predicted molar refractivity (Wildman–Crippen MR) is 53.3 cm³/mol. The van der Waals surface area contributed by atoms with E-state index in [-0.39, 0.29) is 17.8 Å². The van der Waals surface area contributed by atoms with Gasteiger partial charge in [0.1, 0.15) is 17.8 Å². The molecule has 1 unspecified atom stereocenters.